The van der Waals surface area contributed by atoms with Gasteiger partial charge < -0.3 is 5.11 Å². The topological polar surface area (TPSA) is 79.5 Å². The average Bonchev–Trinajstić information content (AvgIpc) is 2.75. The van der Waals surface area contributed by atoms with Crippen LogP contribution in [0.25, 0.3) is 0 Å². The number of carbonyl (C=O) groups is 1. The highest BCUT2D eigenvalue weighted by atomic mass is 16.6. The molecule has 1 aliphatic heterocycles. The molecule has 1 fully saturated rings. The molecule has 0 bridgehead atoms. The summed E-state index contributed by atoms with van der Waals surface area (Å²) in [5.41, 5.74) is 1.47. The van der Waals surface area contributed by atoms with Crippen LogP contribution in [0, 0.1) is 12.8 Å². The fraction of sp³-hybridized carbons (Fsp3) is 0.750. The molecular formula is C12H19N3O3. The second-order valence-electron chi connectivity index (χ2n) is 4.92. The predicted molar refractivity (Wildman–Crippen MR) is 63.9 cm³/mol. The number of aryl methyl sites for hydroxylation is 1. The van der Waals surface area contributed by atoms with Crippen LogP contribution in [-0.2, 0) is 11.3 Å². The van der Waals surface area contributed by atoms with Crippen molar-refractivity contribution in [2.45, 2.75) is 45.7 Å². The van der Waals surface area contributed by atoms with Crippen LogP contribution in [0.5, 0.6) is 0 Å². The molecule has 0 amide bonds. The quantitative estimate of drug-likeness (QED) is 0.875. The molecule has 1 aromatic rings. The van der Waals surface area contributed by atoms with Crippen molar-refractivity contribution >= 4 is 5.97 Å². The maximum Gasteiger partial charge on any atom is 0.320 e. The minimum atomic E-state index is -0.748. The summed E-state index contributed by atoms with van der Waals surface area (Å²) >= 11 is 0. The number of carboxylic acids is 1. The molecule has 6 heteroatoms. The van der Waals surface area contributed by atoms with E-state index >= 15 is 0 Å². The van der Waals surface area contributed by atoms with Gasteiger partial charge in [0.1, 0.15) is 17.4 Å². The first-order valence-corrected chi connectivity index (χ1v) is 6.36. The monoisotopic (exact) mass is 253 g/mol. The van der Waals surface area contributed by atoms with Gasteiger partial charge >= 0.3 is 5.97 Å². The SMILES string of the molecule is CCC1CCN(Cc2nonc2C)C(C(=O)O)C1. The Kier molecular flexibility index (Phi) is 3.96. The fourth-order valence-corrected chi connectivity index (χ4v) is 2.49. The maximum absolute atomic E-state index is 11.3. The first-order valence-electron chi connectivity index (χ1n) is 6.36. The third-order valence-electron chi connectivity index (χ3n) is 3.78. The number of carboxylic acid groups (broad SMARTS) is 1. The largest absolute Gasteiger partial charge is 0.480 e. The molecule has 100 valence electrons. The molecule has 0 saturated carbocycles. The number of nitrogens with zero attached hydrogens (tertiary/aromatic N) is 3. The number of likely N-dealkylation sites (tertiary alicyclic amines) is 1. The first-order chi connectivity index (χ1) is 8.61. The maximum atomic E-state index is 11.3. The minimum absolute atomic E-state index is 0.417. The lowest BCUT2D eigenvalue weighted by Crippen LogP contribution is -2.46. The van der Waals surface area contributed by atoms with E-state index in [2.05, 4.69) is 21.9 Å². The zero-order chi connectivity index (χ0) is 13.1. The van der Waals surface area contributed by atoms with E-state index in [9.17, 15) is 9.90 Å². The Hall–Kier alpha value is -1.43. The molecule has 2 unspecified atom stereocenters. The van der Waals surface area contributed by atoms with Crippen LogP contribution in [-0.4, -0.2) is 38.9 Å². The standard InChI is InChI=1S/C12H19N3O3/c1-3-9-4-5-15(11(6-9)12(16)17)7-10-8(2)13-18-14-10/h9,11H,3-7H2,1-2H3,(H,16,17). The van der Waals surface area contributed by atoms with E-state index in [-0.39, 0.29) is 0 Å². The van der Waals surface area contributed by atoms with Gasteiger partial charge in [0.2, 0.25) is 0 Å². The number of hydrogen-bond donors (Lipinski definition) is 1. The Morgan fingerprint density at radius 3 is 2.89 bits per heavy atom. The molecular weight excluding hydrogens is 234 g/mol. The van der Waals surface area contributed by atoms with Gasteiger partial charge in [-0.05, 0) is 32.2 Å². The van der Waals surface area contributed by atoms with Gasteiger partial charge in [0.05, 0.1) is 0 Å². The lowest BCUT2D eigenvalue weighted by molar-refractivity contribution is -0.145. The Labute approximate surface area is 106 Å². The number of hydrogen-bond acceptors (Lipinski definition) is 5. The number of rotatable bonds is 4. The third kappa shape index (κ3) is 2.69. The molecule has 0 spiro atoms. The van der Waals surface area contributed by atoms with Crippen LogP contribution < -0.4 is 0 Å². The zero-order valence-electron chi connectivity index (χ0n) is 10.8. The van der Waals surface area contributed by atoms with Crippen LogP contribution in [0.3, 0.4) is 0 Å². The molecule has 0 aromatic carbocycles. The fourth-order valence-electron chi connectivity index (χ4n) is 2.49. The molecule has 1 aliphatic rings. The number of aliphatic carboxylic acids is 1. The van der Waals surface area contributed by atoms with Crippen molar-refractivity contribution in [3.05, 3.63) is 11.4 Å². The smallest absolute Gasteiger partial charge is 0.320 e. The molecule has 18 heavy (non-hydrogen) atoms. The van der Waals surface area contributed by atoms with Gasteiger partial charge in [-0.15, -0.1) is 0 Å². The van der Waals surface area contributed by atoms with Crippen molar-refractivity contribution in [3.8, 4) is 0 Å². The summed E-state index contributed by atoms with van der Waals surface area (Å²) in [6, 6.07) is -0.417. The minimum Gasteiger partial charge on any atom is -0.480 e. The van der Waals surface area contributed by atoms with Crippen molar-refractivity contribution in [1.29, 1.82) is 0 Å². The lowest BCUT2D eigenvalue weighted by Gasteiger charge is -2.36. The molecule has 1 aromatic heterocycles. The van der Waals surface area contributed by atoms with E-state index in [1.54, 1.807) is 0 Å². The van der Waals surface area contributed by atoms with Crippen molar-refractivity contribution in [1.82, 2.24) is 15.2 Å². The van der Waals surface area contributed by atoms with Gasteiger partial charge in [-0.25, -0.2) is 4.63 Å². The highest BCUT2D eigenvalue weighted by Crippen LogP contribution is 2.26. The van der Waals surface area contributed by atoms with Gasteiger partial charge in [-0.1, -0.05) is 23.7 Å². The summed E-state index contributed by atoms with van der Waals surface area (Å²) in [7, 11) is 0. The van der Waals surface area contributed by atoms with E-state index in [1.165, 1.54) is 0 Å². The number of aromatic nitrogens is 2. The molecule has 6 nitrogen and oxygen atoms in total. The van der Waals surface area contributed by atoms with Crippen molar-refractivity contribution < 1.29 is 14.5 Å². The normalized spacial score (nSPS) is 25.2. The second-order valence-corrected chi connectivity index (χ2v) is 4.92. The molecule has 2 rings (SSSR count). The molecule has 1 N–H and O–H groups in total. The summed E-state index contributed by atoms with van der Waals surface area (Å²) in [4.78, 5) is 13.3. The van der Waals surface area contributed by atoms with Crippen molar-refractivity contribution in [2.75, 3.05) is 6.54 Å². The van der Waals surface area contributed by atoms with Crippen LogP contribution in [0.1, 0.15) is 37.6 Å². The molecule has 2 heterocycles. The lowest BCUT2D eigenvalue weighted by atomic mass is 9.89. The summed E-state index contributed by atoms with van der Waals surface area (Å²) in [5, 5.41) is 16.9. The molecule has 0 aliphatic carbocycles. The molecule has 0 radical (unpaired) electrons. The van der Waals surface area contributed by atoms with E-state index in [0.29, 0.717) is 12.5 Å². The van der Waals surface area contributed by atoms with Crippen molar-refractivity contribution in [3.63, 3.8) is 0 Å². The predicted octanol–water partition coefficient (Wildman–Crippen LogP) is 1.45. The Morgan fingerprint density at radius 1 is 1.56 bits per heavy atom. The highest BCUT2D eigenvalue weighted by Gasteiger charge is 2.33. The van der Waals surface area contributed by atoms with Gasteiger partial charge in [0, 0.05) is 6.54 Å². The Morgan fingerprint density at radius 2 is 2.33 bits per heavy atom. The second kappa shape index (κ2) is 5.48. The highest BCUT2D eigenvalue weighted by molar-refractivity contribution is 5.73. The summed E-state index contributed by atoms with van der Waals surface area (Å²) < 4.78 is 4.65. The van der Waals surface area contributed by atoms with E-state index < -0.39 is 12.0 Å². The Balaban J connectivity index is 2.07. The van der Waals surface area contributed by atoms with Crippen LogP contribution in [0.2, 0.25) is 0 Å². The van der Waals surface area contributed by atoms with E-state index in [0.717, 1.165) is 37.2 Å². The van der Waals surface area contributed by atoms with Crippen LogP contribution in [0.15, 0.2) is 4.63 Å². The first kappa shape index (κ1) is 13.0. The molecule has 1 saturated heterocycles. The average molecular weight is 253 g/mol. The summed E-state index contributed by atoms with van der Waals surface area (Å²) in [6.45, 7) is 5.23. The Bertz CT molecular complexity index is 418. The van der Waals surface area contributed by atoms with Gasteiger partial charge in [0.15, 0.2) is 0 Å². The van der Waals surface area contributed by atoms with Gasteiger partial charge in [-0.3, -0.25) is 9.69 Å². The van der Waals surface area contributed by atoms with Gasteiger partial charge in [0.25, 0.3) is 0 Å². The third-order valence-corrected chi connectivity index (χ3v) is 3.78. The van der Waals surface area contributed by atoms with Gasteiger partial charge in [-0.2, -0.15) is 0 Å². The zero-order valence-corrected chi connectivity index (χ0v) is 10.8. The van der Waals surface area contributed by atoms with Crippen molar-refractivity contribution in [2.24, 2.45) is 5.92 Å². The summed E-state index contributed by atoms with van der Waals surface area (Å²) in [5.74, 6) is -0.235. The molecule has 2 atom stereocenters. The summed E-state index contributed by atoms with van der Waals surface area (Å²) in [6.07, 6.45) is 2.81. The van der Waals surface area contributed by atoms with Crippen LogP contribution >= 0.6 is 0 Å². The number of piperidine rings is 1. The van der Waals surface area contributed by atoms with Crippen LogP contribution in [0.4, 0.5) is 0 Å². The van der Waals surface area contributed by atoms with E-state index in [1.807, 2.05) is 11.8 Å². The van der Waals surface area contributed by atoms with E-state index in [4.69, 9.17) is 0 Å².